The van der Waals surface area contributed by atoms with Crippen molar-refractivity contribution in [3.8, 4) is 0 Å². The van der Waals surface area contributed by atoms with Crippen LogP contribution >= 0.6 is 0 Å². The summed E-state index contributed by atoms with van der Waals surface area (Å²) < 4.78 is 0. The Morgan fingerprint density at radius 2 is 2.30 bits per heavy atom. The quantitative estimate of drug-likeness (QED) is 0.672. The van der Waals surface area contributed by atoms with Gasteiger partial charge in [-0.15, -0.1) is 0 Å². The van der Waals surface area contributed by atoms with Gasteiger partial charge in [0.15, 0.2) is 0 Å². The number of nitro groups is 1. The highest BCUT2D eigenvalue weighted by Crippen LogP contribution is 2.22. The van der Waals surface area contributed by atoms with Crippen LogP contribution in [0.4, 0.5) is 5.69 Å². The van der Waals surface area contributed by atoms with Crippen LogP contribution in [-0.2, 0) is 0 Å². The molecule has 1 saturated heterocycles. The highest BCUT2D eigenvalue weighted by atomic mass is 16.6. The van der Waals surface area contributed by atoms with E-state index in [-0.39, 0.29) is 11.6 Å². The number of aryl methyl sites for hydroxylation is 1. The molecule has 0 spiro atoms. The van der Waals surface area contributed by atoms with Gasteiger partial charge in [-0.05, 0) is 38.3 Å². The lowest BCUT2D eigenvalue weighted by atomic mass is 9.97. The van der Waals surface area contributed by atoms with Gasteiger partial charge < -0.3 is 10.6 Å². The zero-order valence-corrected chi connectivity index (χ0v) is 11.5. The Morgan fingerprint density at radius 3 is 2.95 bits per heavy atom. The van der Waals surface area contributed by atoms with Crippen LogP contribution in [-0.4, -0.2) is 35.4 Å². The number of nitrogens with two attached hydrogens (primary N) is 1. The molecule has 2 N–H and O–H groups in total. The summed E-state index contributed by atoms with van der Waals surface area (Å²) in [5.41, 5.74) is 6.59. The molecule has 6 nitrogen and oxygen atoms in total. The molecule has 0 radical (unpaired) electrons. The number of nitrogens with zero attached hydrogens (tertiary/aromatic N) is 2. The van der Waals surface area contributed by atoms with Gasteiger partial charge in [0.25, 0.3) is 11.6 Å². The Hall–Kier alpha value is -1.95. The maximum absolute atomic E-state index is 12.4. The molecule has 1 aliphatic heterocycles. The molecule has 1 fully saturated rings. The molecule has 0 aliphatic carbocycles. The number of likely N-dealkylation sites (tertiary alicyclic amines) is 1. The highest BCUT2D eigenvalue weighted by Gasteiger charge is 2.25. The monoisotopic (exact) mass is 277 g/mol. The second-order valence-corrected chi connectivity index (χ2v) is 5.25. The smallest absolute Gasteiger partial charge is 0.273 e. The number of rotatable bonds is 3. The summed E-state index contributed by atoms with van der Waals surface area (Å²) in [6.45, 7) is 3.56. The topological polar surface area (TPSA) is 89.5 Å². The van der Waals surface area contributed by atoms with Crippen LogP contribution < -0.4 is 5.73 Å². The lowest BCUT2D eigenvalue weighted by molar-refractivity contribution is -0.385. The molecule has 20 heavy (non-hydrogen) atoms. The molecule has 108 valence electrons. The average molecular weight is 277 g/mol. The number of amides is 1. The summed E-state index contributed by atoms with van der Waals surface area (Å²) in [6.07, 6.45) is 1.97. The Balaban J connectivity index is 2.20. The van der Waals surface area contributed by atoms with E-state index in [4.69, 9.17) is 5.73 Å². The minimum absolute atomic E-state index is 0.0109. The fraction of sp³-hybridized carbons (Fsp3) is 0.500. The van der Waals surface area contributed by atoms with E-state index in [0.717, 1.165) is 12.8 Å². The molecule has 6 heteroatoms. The van der Waals surface area contributed by atoms with Gasteiger partial charge in [0, 0.05) is 30.3 Å². The zero-order valence-electron chi connectivity index (χ0n) is 11.5. The van der Waals surface area contributed by atoms with E-state index < -0.39 is 4.92 Å². The largest absolute Gasteiger partial charge is 0.338 e. The first kappa shape index (κ1) is 14.5. The fourth-order valence-electron chi connectivity index (χ4n) is 2.56. The van der Waals surface area contributed by atoms with Crippen molar-refractivity contribution in [2.75, 3.05) is 19.6 Å². The molecule has 0 saturated carbocycles. The molecule has 2 rings (SSSR count). The van der Waals surface area contributed by atoms with Gasteiger partial charge in [0.1, 0.15) is 0 Å². The first-order chi connectivity index (χ1) is 9.52. The van der Waals surface area contributed by atoms with Gasteiger partial charge in [-0.2, -0.15) is 0 Å². The van der Waals surface area contributed by atoms with E-state index in [1.54, 1.807) is 24.0 Å². The number of nitro benzene ring substituents is 1. The summed E-state index contributed by atoms with van der Waals surface area (Å²) in [5.74, 6) is 0.180. The van der Waals surface area contributed by atoms with Crippen molar-refractivity contribution in [3.05, 3.63) is 39.4 Å². The molecule has 1 aromatic rings. The van der Waals surface area contributed by atoms with Gasteiger partial charge >= 0.3 is 0 Å². The maximum Gasteiger partial charge on any atom is 0.273 e. The SMILES string of the molecule is Cc1ccc(C(=O)N2CCCC(CN)C2)cc1[N+](=O)[O-]. The predicted molar refractivity (Wildman–Crippen MR) is 75.5 cm³/mol. The molecule has 1 aliphatic rings. The number of hydrogen-bond donors (Lipinski definition) is 1. The van der Waals surface area contributed by atoms with E-state index in [1.165, 1.54) is 6.07 Å². The van der Waals surface area contributed by atoms with E-state index in [9.17, 15) is 14.9 Å². The molecule has 1 amide bonds. The van der Waals surface area contributed by atoms with Crippen molar-refractivity contribution in [1.29, 1.82) is 0 Å². The van der Waals surface area contributed by atoms with E-state index >= 15 is 0 Å². The van der Waals surface area contributed by atoms with Gasteiger partial charge in [-0.25, -0.2) is 0 Å². The van der Waals surface area contributed by atoms with Crippen molar-refractivity contribution in [1.82, 2.24) is 4.90 Å². The molecule has 0 aromatic heterocycles. The van der Waals surface area contributed by atoms with Crippen LogP contribution in [0.5, 0.6) is 0 Å². The summed E-state index contributed by atoms with van der Waals surface area (Å²) in [5, 5.41) is 10.9. The average Bonchev–Trinajstić information content (AvgIpc) is 2.46. The van der Waals surface area contributed by atoms with Gasteiger partial charge in [-0.1, -0.05) is 6.07 Å². The fourth-order valence-corrected chi connectivity index (χ4v) is 2.56. The van der Waals surface area contributed by atoms with Crippen LogP contribution in [0.1, 0.15) is 28.8 Å². The Morgan fingerprint density at radius 1 is 1.55 bits per heavy atom. The predicted octanol–water partition coefficient (Wildman–Crippen LogP) is 1.71. The van der Waals surface area contributed by atoms with Gasteiger partial charge in [-0.3, -0.25) is 14.9 Å². The van der Waals surface area contributed by atoms with Crippen molar-refractivity contribution in [2.45, 2.75) is 19.8 Å². The molecule has 0 bridgehead atoms. The summed E-state index contributed by atoms with van der Waals surface area (Å²) in [7, 11) is 0. The molecule has 1 heterocycles. The number of carbonyl (C=O) groups is 1. The van der Waals surface area contributed by atoms with Gasteiger partial charge in [0.05, 0.1) is 4.92 Å². The number of piperidine rings is 1. The van der Waals surface area contributed by atoms with Crippen LogP contribution in [0.2, 0.25) is 0 Å². The Bertz CT molecular complexity index is 530. The van der Waals surface area contributed by atoms with Gasteiger partial charge in [0.2, 0.25) is 0 Å². The molecular formula is C14H19N3O3. The van der Waals surface area contributed by atoms with E-state index in [1.807, 2.05) is 0 Å². The first-order valence-corrected chi connectivity index (χ1v) is 6.77. The standard InChI is InChI=1S/C14H19N3O3/c1-10-4-5-12(7-13(10)17(19)20)14(18)16-6-2-3-11(8-15)9-16/h4-5,7,11H,2-3,6,8-9,15H2,1H3. The summed E-state index contributed by atoms with van der Waals surface area (Å²) in [4.78, 5) is 24.6. The zero-order chi connectivity index (χ0) is 14.7. The third kappa shape index (κ3) is 2.96. The number of benzene rings is 1. The molecular weight excluding hydrogens is 258 g/mol. The van der Waals surface area contributed by atoms with Crippen LogP contribution in [0.25, 0.3) is 0 Å². The minimum atomic E-state index is -0.453. The molecule has 1 aromatic carbocycles. The number of hydrogen-bond acceptors (Lipinski definition) is 4. The van der Waals surface area contributed by atoms with E-state index in [2.05, 4.69) is 0 Å². The van der Waals surface area contributed by atoms with Crippen LogP contribution in [0.15, 0.2) is 18.2 Å². The Labute approximate surface area is 117 Å². The third-order valence-corrected chi connectivity index (χ3v) is 3.79. The highest BCUT2D eigenvalue weighted by molar-refractivity contribution is 5.95. The van der Waals surface area contributed by atoms with Crippen molar-refractivity contribution < 1.29 is 9.72 Å². The van der Waals surface area contributed by atoms with Crippen LogP contribution in [0, 0.1) is 23.0 Å². The van der Waals surface area contributed by atoms with Crippen LogP contribution in [0.3, 0.4) is 0 Å². The number of carbonyl (C=O) groups excluding carboxylic acids is 1. The second kappa shape index (κ2) is 6.00. The van der Waals surface area contributed by atoms with Crippen molar-refractivity contribution >= 4 is 11.6 Å². The lowest BCUT2D eigenvalue weighted by Crippen LogP contribution is -2.42. The van der Waals surface area contributed by atoms with Crippen molar-refractivity contribution in [2.24, 2.45) is 11.7 Å². The third-order valence-electron chi connectivity index (χ3n) is 3.79. The van der Waals surface area contributed by atoms with Crippen molar-refractivity contribution in [3.63, 3.8) is 0 Å². The summed E-state index contributed by atoms with van der Waals surface area (Å²) >= 11 is 0. The Kier molecular flexibility index (Phi) is 4.34. The lowest BCUT2D eigenvalue weighted by Gasteiger charge is -2.32. The molecule has 1 unspecified atom stereocenters. The summed E-state index contributed by atoms with van der Waals surface area (Å²) in [6, 6.07) is 4.64. The minimum Gasteiger partial charge on any atom is -0.338 e. The molecule has 1 atom stereocenters. The normalized spacial score (nSPS) is 18.9. The van der Waals surface area contributed by atoms with E-state index in [0.29, 0.717) is 36.7 Å². The first-order valence-electron chi connectivity index (χ1n) is 6.77. The second-order valence-electron chi connectivity index (χ2n) is 5.25. The maximum atomic E-state index is 12.4.